The van der Waals surface area contributed by atoms with E-state index < -0.39 is 0 Å². The Labute approximate surface area is 144 Å². The zero-order valence-corrected chi connectivity index (χ0v) is 14.2. The highest BCUT2D eigenvalue weighted by Gasteiger charge is 2.29. The van der Waals surface area contributed by atoms with E-state index >= 15 is 0 Å². The molecule has 1 aromatic heterocycles. The molecule has 3 atom stereocenters. The summed E-state index contributed by atoms with van der Waals surface area (Å²) in [6.45, 7) is 1.51. The first-order valence-corrected chi connectivity index (χ1v) is 8.67. The molecule has 0 radical (unpaired) electrons. The molecule has 0 bridgehead atoms. The second kappa shape index (κ2) is 8.92. The normalized spacial score (nSPS) is 22.2. The Bertz CT molecular complexity index is 591. The Morgan fingerprint density at radius 1 is 1.21 bits per heavy atom. The van der Waals surface area contributed by atoms with E-state index in [0.717, 1.165) is 25.9 Å². The number of rotatable bonds is 7. The number of aromatic nitrogens is 1. The third-order valence-electron chi connectivity index (χ3n) is 4.50. The van der Waals surface area contributed by atoms with Gasteiger partial charge in [-0.15, -0.1) is 0 Å². The number of hydrogen-bond donors (Lipinski definition) is 1. The van der Waals surface area contributed by atoms with Gasteiger partial charge in [0.1, 0.15) is 0 Å². The highest BCUT2D eigenvalue weighted by Crippen LogP contribution is 2.28. The number of ether oxygens (including phenoxy) is 2. The van der Waals surface area contributed by atoms with Crippen molar-refractivity contribution in [3.63, 3.8) is 0 Å². The van der Waals surface area contributed by atoms with Crippen molar-refractivity contribution >= 4 is 0 Å². The maximum absolute atomic E-state index is 6.07. The van der Waals surface area contributed by atoms with Crippen LogP contribution in [0.25, 0.3) is 0 Å². The summed E-state index contributed by atoms with van der Waals surface area (Å²) in [4.78, 5) is 4.12. The van der Waals surface area contributed by atoms with Crippen LogP contribution in [0.4, 0.5) is 0 Å². The van der Waals surface area contributed by atoms with E-state index in [1.807, 2.05) is 24.5 Å². The molecular formula is C20H26N2O2. The lowest BCUT2D eigenvalue weighted by Gasteiger charge is -2.35. The molecule has 1 aliphatic heterocycles. The third-order valence-corrected chi connectivity index (χ3v) is 4.50. The second-order valence-corrected chi connectivity index (χ2v) is 6.33. The Morgan fingerprint density at radius 3 is 2.75 bits per heavy atom. The van der Waals surface area contributed by atoms with E-state index in [4.69, 9.17) is 9.47 Å². The number of pyridine rings is 1. The lowest BCUT2D eigenvalue weighted by molar-refractivity contribution is -0.0168. The van der Waals surface area contributed by atoms with Crippen molar-refractivity contribution < 1.29 is 9.47 Å². The van der Waals surface area contributed by atoms with Gasteiger partial charge in [0.05, 0.1) is 12.7 Å². The largest absolute Gasteiger partial charge is 0.383 e. The van der Waals surface area contributed by atoms with Crippen LogP contribution < -0.4 is 5.32 Å². The maximum Gasteiger partial charge on any atom is 0.0978 e. The lowest BCUT2D eigenvalue weighted by Crippen LogP contribution is -2.47. The first-order valence-electron chi connectivity index (χ1n) is 8.67. The summed E-state index contributed by atoms with van der Waals surface area (Å²) in [6.07, 6.45) is 6.90. The van der Waals surface area contributed by atoms with Crippen molar-refractivity contribution in [1.29, 1.82) is 0 Å². The molecule has 128 valence electrons. The Morgan fingerprint density at radius 2 is 2.00 bits per heavy atom. The van der Waals surface area contributed by atoms with Crippen molar-refractivity contribution in [1.82, 2.24) is 10.3 Å². The highest BCUT2D eigenvalue weighted by atomic mass is 16.5. The van der Waals surface area contributed by atoms with Gasteiger partial charge in [0.15, 0.2) is 0 Å². The summed E-state index contributed by atoms with van der Waals surface area (Å²) in [7, 11) is 1.76. The number of benzene rings is 1. The third kappa shape index (κ3) is 4.63. The SMILES string of the molecule is COC[C@@H](Cc1ccccc1)N[C@H]1CCCO[C@@H]1c1ccncc1. The highest BCUT2D eigenvalue weighted by molar-refractivity contribution is 5.18. The molecule has 2 aromatic rings. The van der Waals surface area contributed by atoms with Crippen LogP contribution in [-0.2, 0) is 15.9 Å². The summed E-state index contributed by atoms with van der Waals surface area (Å²) in [6, 6.07) is 15.2. The van der Waals surface area contributed by atoms with E-state index in [1.165, 1.54) is 11.1 Å². The second-order valence-electron chi connectivity index (χ2n) is 6.33. The van der Waals surface area contributed by atoms with Crippen LogP contribution in [0.5, 0.6) is 0 Å². The van der Waals surface area contributed by atoms with Crippen molar-refractivity contribution in [2.75, 3.05) is 20.3 Å². The molecular weight excluding hydrogens is 300 g/mol. The van der Waals surface area contributed by atoms with Crippen LogP contribution in [0.2, 0.25) is 0 Å². The zero-order valence-electron chi connectivity index (χ0n) is 14.2. The first kappa shape index (κ1) is 17.1. The van der Waals surface area contributed by atoms with Crippen LogP contribution in [0.1, 0.15) is 30.1 Å². The van der Waals surface area contributed by atoms with Gasteiger partial charge in [0.25, 0.3) is 0 Å². The molecule has 4 nitrogen and oxygen atoms in total. The van der Waals surface area contributed by atoms with Crippen molar-refractivity contribution in [2.45, 2.75) is 37.5 Å². The molecule has 0 spiro atoms. The molecule has 3 rings (SSSR count). The summed E-state index contributed by atoms with van der Waals surface area (Å²) in [5.74, 6) is 0. The average molecular weight is 326 g/mol. The Kier molecular flexibility index (Phi) is 6.35. The van der Waals surface area contributed by atoms with E-state index in [0.29, 0.717) is 12.6 Å². The predicted octanol–water partition coefficient (Wildman–Crippen LogP) is 3.15. The van der Waals surface area contributed by atoms with Crippen LogP contribution in [0, 0.1) is 0 Å². The minimum Gasteiger partial charge on any atom is -0.383 e. The summed E-state index contributed by atoms with van der Waals surface area (Å²) >= 11 is 0. The fourth-order valence-corrected chi connectivity index (χ4v) is 3.40. The molecule has 0 amide bonds. The monoisotopic (exact) mass is 326 g/mol. The van der Waals surface area contributed by atoms with Gasteiger partial charge in [0.2, 0.25) is 0 Å². The molecule has 0 aliphatic carbocycles. The molecule has 0 unspecified atom stereocenters. The van der Waals surface area contributed by atoms with Gasteiger partial charge in [0, 0.05) is 38.2 Å². The molecule has 4 heteroatoms. The van der Waals surface area contributed by atoms with E-state index in [1.54, 1.807) is 7.11 Å². The summed E-state index contributed by atoms with van der Waals surface area (Å²) < 4.78 is 11.5. The van der Waals surface area contributed by atoms with Crippen LogP contribution >= 0.6 is 0 Å². The number of methoxy groups -OCH3 is 1. The van der Waals surface area contributed by atoms with E-state index in [-0.39, 0.29) is 12.1 Å². The molecule has 1 N–H and O–H groups in total. The fourth-order valence-electron chi connectivity index (χ4n) is 3.40. The molecule has 1 aliphatic rings. The lowest BCUT2D eigenvalue weighted by atomic mass is 9.95. The minimum atomic E-state index is 0.0804. The predicted molar refractivity (Wildman–Crippen MR) is 94.9 cm³/mol. The molecule has 0 saturated carbocycles. The topological polar surface area (TPSA) is 43.4 Å². The van der Waals surface area contributed by atoms with Crippen molar-refractivity contribution in [3.05, 3.63) is 66.0 Å². The molecule has 1 saturated heterocycles. The molecule has 24 heavy (non-hydrogen) atoms. The zero-order chi connectivity index (χ0) is 16.6. The van der Waals surface area contributed by atoms with Gasteiger partial charge in [-0.25, -0.2) is 0 Å². The van der Waals surface area contributed by atoms with Crippen LogP contribution in [-0.4, -0.2) is 37.4 Å². The summed E-state index contributed by atoms with van der Waals surface area (Å²) in [5.41, 5.74) is 2.52. The smallest absolute Gasteiger partial charge is 0.0978 e. The first-order chi connectivity index (χ1) is 11.9. The quantitative estimate of drug-likeness (QED) is 0.849. The maximum atomic E-state index is 6.07. The van der Waals surface area contributed by atoms with E-state index in [2.05, 4.69) is 40.6 Å². The summed E-state index contributed by atoms with van der Waals surface area (Å²) in [5, 5.41) is 3.78. The molecule has 1 fully saturated rings. The van der Waals surface area contributed by atoms with E-state index in [9.17, 15) is 0 Å². The molecule has 1 aromatic carbocycles. The number of nitrogens with zero attached hydrogens (tertiary/aromatic N) is 1. The fraction of sp³-hybridized carbons (Fsp3) is 0.450. The average Bonchev–Trinajstić information content (AvgIpc) is 2.64. The van der Waals surface area contributed by atoms with Gasteiger partial charge >= 0.3 is 0 Å². The van der Waals surface area contributed by atoms with Crippen LogP contribution in [0.3, 0.4) is 0 Å². The molecule has 2 heterocycles. The number of hydrogen-bond acceptors (Lipinski definition) is 4. The minimum absolute atomic E-state index is 0.0804. The Hall–Kier alpha value is -1.75. The van der Waals surface area contributed by atoms with Gasteiger partial charge < -0.3 is 14.8 Å². The van der Waals surface area contributed by atoms with Gasteiger partial charge in [-0.1, -0.05) is 30.3 Å². The standard InChI is InChI=1S/C20H26N2O2/c1-23-15-18(14-16-6-3-2-4-7-16)22-19-8-5-13-24-20(19)17-9-11-21-12-10-17/h2-4,6-7,9-12,18-20,22H,5,8,13-15H2,1H3/t18-,19+,20-/m1/s1. The van der Waals surface area contributed by atoms with Gasteiger partial charge in [-0.3, -0.25) is 4.98 Å². The van der Waals surface area contributed by atoms with Crippen LogP contribution in [0.15, 0.2) is 54.9 Å². The van der Waals surface area contributed by atoms with Crippen molar-refractivity contribution in [2.24, 2.45) is 0 Å². The van der Waals surface area contributed by atoms with Gasteiger partial charge in [-0.2, -0.15) is 0 Å². The Balaban J connectivity index is 1.69. The number of nitrogens with one attached hydrogen (secondary N) is 1. The van der Waals surface area contributed by atoms with Gasteiger partial charge in [-0.05, 0) is 42.5 Å². The van der Waals surface area contributed by atoms with Crippen molar-refractivity contribution in [3.8, 4) is 0 Å².